The van der Waals surface area contributed by atoms with Gasteiger partial charge in [-0.05, 0) is 17.4 Å². The maximum absolute atomic E-state index is 12.9. The summed E-state index contributed by atoms with van der Waals surface area (Å²) in [7, 11) is 0. The van der Waals surface area contributed by atoms with E-state index in [4.69, 9.17) is 0 Å². The highest BCUT2D eigenvalue weighted by molar-refractivity contribution is 8.02. The summed E-state index contributed by atoms with van der Waals surface area (Å²) in [4.78, 5) is 25.5. The molecule has 0 bridgehead atoms. The van der Waals surface area contributed by atoms with E-state index < -0.39 is 0 Å². The monoisotopic (exact) mass is 314 g/mol. The topological polar surface area (TPSA) is 44.0 Å². The lowest BCUT2D eigenvalue weighted by atomic mass is 10.1. The Balaban J connectivity index is 2.29. The van der Waals surface area contributed by atoms with Crippen LogP contribution in [0.4, 0.5) is 0 Å². The number of fused-ring (bicyclic) bond motifs is 1. The van der Waals surface area contributed by atoms with E-state index in [0.717, 1.165) is 23.4 Å². The molecule has 0 fully saturated rings. The van der Waals surface area contributed by atoms with Gasteiger partial charge in [-0.25, -0.2) is 4.79 Å². The molecular weight excluding hydrogens is 296 g/mol. The Labute approximate surface area is 133 Å². The summed E-state index contributed by atoms with van der Waals surface area (Å²) in [6.45, 7) is 3.05. The molecule has 0 unspecified atom stereocenters. The number of nitrogens with zero attached hydrogens (tertiary/aromatic N) is 2. The van der Waals surface area contributed by atoms with Gasteiger partial charge in [0, 0.05) is 13.1 Å². The minimum Gasteiger partial charge on any atom is -0.283 e. The Hall–Kier alpha value is -2.01. The second-order valence-corrected chi connectivity index (χ2v) is 6.13. The van der Waals surface area contributed by atoms with Gasteiger partial charge in [-0.3, -0.25) is 13.9 Å². The van der Waals surface area contributed by atoms with Gasteiger partial charge in [0.1, 0.15) is 0 Å². The Bertz CT molecular complexity index is 819. The smallest absolute Gasteiger partial charge is 0.283 e. The van der Waals surface area contributed by atoms with E-state index in [2.05, 4.69) is 6.92 Å². The van der Waals surface area contributed by atoms with Crippen molar-refractivity contribution >= 4 is 11.8 Å². The Morgan fingerprint density at radius 1 is 1.18 bits per heavy atom. The van der Waals surface area contributed by atoms with Crippen molar-refractivity contribution in [2.45, 2.75) is 37.9 Å². The lowest BCUT2D eigenvalue weighted by Gasteiger charge is -2.19. The van der Waals surface area contributed by atoms with Gasteiger partial charge < -0.3 is 0 Å². The normalized spacial score (nSPS) is 13.1. The van der Waals surface area contributed by atoms with Gasteiger partial charge in [0.2, 0.25) is 0 Å². The quantitative estimate of drug-likeness (QED) is 0.815. The molecule has 4 nitrogen and oxygen atoms in total. The molecule has 5 heteroatoms. The molecule has 2 heterocycles. The summed E-state index contributed by atoms with van der Waals surface area (Å²) in [6, 6.07) is 9.59. The average Bonchev–Trinajstić information content (AvgIpc) is 2.56. The van der Waals surface area contributed by atoms with Crippen LogP contribution in [0, 0.1) is 0 Å². The largest absolute Gasteiger partial charge is 0.332 e. The van der Waals surface area contributed by atoms with Crippen molar-refractivity contribution < 1.29 is 0 Å². The molecule has 0 atom stereocenters. The highest BCUT2D eigenvalue weighted by Gasteiger charge is 2.21. The second kappa shape index (κ2) is 6.40. The molecule has 0 N–H and O–H groups in total. The predicted molar refractivity (Wildman–Crippen MR) is 90.3 cm³/mol. The van der Waals surface area contributed by atoms with E-state index in [1.54, 1.807) is 4.57 Å². The first kappa shape index (κ1) is 14.9. The highest BCUT2D eigenvalue weighted by atomic mass is 32.2. The summed E-state index contributed by atoms with van der Waals surface area (Å²) >= 11 is 1.44. The van der Waals surface area contributed by atoms with Crippen LogP contribution in [0.25, 0.3) is 11.1 Å². The molecule has 114 valence electrons. The molecule has 1 aromatic carbocycles. The van der Waals surface area contributed by atoms with Crippen molar-refractivity contribution in [1.82, 2.24) is 9.13 Å². The zero-order valence-corrected chi connectivity index (χ0v) is 13.3. The first-order chi connectivity index (χ1) is 10.7. The van der Waals surface area contributed by atoms with Crippen molar-refractivity contribution in [3.8, 4) is 11.1 Å². The Morgan fingerprint density at radius 3 is 2.68 bits per heavy atom. The molecule has 0 amide bonds. The molecule has 0 radical (unpaired) electrons. The zero-order valence-electron chi connectivity index (χ0n) is 12.5. The summed E-state index contributed by atoms with van der Waals surface area (Å²) in [5, 5.41) is 2.69. The van der Waals surface area contributed by atoms with Crippen LogP contribution in [0.5, 0.6) is 0 Å². The van der Waals surface area contributed by atoms with Crippen molar-refractivity contribution in [3.05, 3.63) is 62.7 Å². The summed E-state index contributed by atoms with van der Waals surface area (Å²) in [5.74, 6) is 0. The number of benzene rings is 1. The summed E-state index contributed by atoms with van der Waals surface area (Å²) in [6.07, 6.45) is 3.72. The maximum Gasteiger partial charge on any atom is 0.332 e. The number of hydrogen-bond acceptors (Lipinski definition) is 3. The van der Waals surface area contributed by atoms with Crippen LogP contribution in [0.3, 0.4) is 0 Å². The molecule has 22 heavy (non-hydrogen) atoms. The van der Waals surface area contributed by atoms with Gasteiger partial charge in [-0.1, -0.05) is 61.5 Å². The van der Waals surface area contributed by atoms with Crippen molar-refractivity contribution in [3.63, 3.8) is 0 Å². The first-order valence-electron chi connectivity index (χ1n) is 7.48. The van der Waals surface area contributed by atoms with Crippen LogP contribution in [-0.4, -0.2) is 9.13 Å². The lowest BCUT2D eigenvalue weighted by Crippen LogP contribution is -2.42. The van der Waals surface area contributed by atoms with Crippen molar-refractivity contribution in [2.75, 3.05) is 0 Å². The van der Waals surface area contributed by atoms with Gasteiger partial charge >= 0.3 is 5.69 Å². The standard InChI is InChI=1S/C17H18N2O2S/c1-2-3-10-18-15(20)14(13-8-5-4-6-9-13)16-19(17(18)21)11-7-12-22-16/h4-9,12H,2-3,10-11H2,1H3. The van der Waals surface area contributed by atoms with Crippen LogP contribution in [-0.2, 0) is 13.1 Å². The average molecular weight is 314 g/mol. The number of thioether (sulfide) groups is 1. The SMILES string of the molecule is CCCCn1c(=O)c(-c2ccccc2)c2n(c1=O)CC=CS2. The fourth-order valence-corrected chi connectivity index (χ4v) is 3.50. The number of rotatable bonds is 4. The molecule has 0 saturated carbocycles. The van der Waals surface area contributed by atoms with E-state index in [1.165, 1.54) is 16.3 Å². The zero-order chi connectivity index (χ0) is 15.5. The van der Waals surface area contributed by atoms with E-state index >= 15 is 0 Å². The van der Waals surface area contributed by atoms with Gasteiger partial charge in [0.15, 0.2) is 0 Å². The molecule has 0 aliphatic carbocycles. The minimum atomic E-state index is -0.204. The molecule has 1 aromatic heterocycles. The second-order valence-electron chi connectivity index (χ2n) is 5.24. The number of hydrogen-bond donors (Lipinski definition) is 0. The molecular formula is C17H18N2O2S. The number of allylic oxidation sites excluding steroid dienone is 1. The van der Waals surface area contributed by atoms with Crippen LogP contribution in [0.1, 0.15) is 19.8 Å². The van der Waals surface area contributed by atoms with E-state index in [0.29, 0.717) is 18.7 Å². The predicted octanol–water partition coefficient (Wildman–Crippen LogP) is 3.10. The third-order valence-corrected chi connectivity index (χ3v) is 4.72. The fourth-order valence-electron chi connectivity index (χ4n) is 2.59. The van der Waals surface area contributed by atoms with Gasteiger partial charge in [0.05, 0.1) is 10.6 Å². The van der Waals surface area contributed by atoms with Crippen LogP contribution in [0.2, 0.25) is 0 Å². The Kier molecular flexibility index (Phi) is 4.34. The van der Waals surface area contributed by atoms with E-state index in [9.17, 15) is 9.59 Å². The fraction of sp³-hybridized carbons (Fsp3) is 0.294. The molecule has 3 rings (SSSR count). The van der Waals surface area contributed by atoms with Crippen LogP contribution in [0.15, 0.2) is 56.4 Å². The minimum absolute atomic E-state index is 0.182. The lowest BCUT2D eigenvalue weighted by molar-refractivity contribution is 0.527. The third kappa shape index (κ3) is 2.57. The highest BCUT2D eigenvalue weighted by Crippen LogP contribution is 2.30. The third-order valence-electron chi connectivity index (χ3n) is 3.74. The van der Waals surface area contributed by atoms with Crippen molar-refractivity contribution in [2.24, 2.45) is 0 Å². The molecule has 1 aliphatic heterocycles. The molecule has 0 saturated heterocycles. The Morgan fingerprint density at radius 2 is 1.95 bits per heavy atom. The van der Waals surface area contributed by atoms with E-state index in [1.807, 2.05) is 41.8 Å². The first-order valence-corrected chi connectivity index (χ1v) is 8.36. The summed E-state index contributed by atoms with van der Waals surface area (Å²) in [5.41, 5.74) is 1.11. The van der Waals surface area contributed by atoms with Gasteiger partial charge in [0.25, 0.3) is 5.56 Å². The van der Waals surface area contributed by atoms with Gasteiger partial charge in [-0.15, -0.1) is 0 Å². The van der Waals surface area contributed by atoms with E-state index in [-0.39, 0.29) is 11.2 Å². The number of aromatic nitrogens is 2. The maximum atomic E-state index is 12.9. The molecule has 1 aliphatic rings. The number of unbranched alkanes of at least 4 members (excludes halogenated alkanes) is 1. The van der Waals surface area contributed by atoms with Gasteiger partial charge in [-0.2, -0.15) is 0 Å². The van der Waals surface area contributed by atoms with Crippen LogP contribution < -0.4 is 11.2 Å². The van der Waals surface area contributed by atoms with Crippen LogP contribution >= 0.6 is 11.8 Å². The molecule has 0 spiro atoms. The molecule has 2 aromatic rings. The summed E-state index contributed by atoms with van der Waals surface area (Å²) < 4.78 is 3.08. The van der Waals surface area contributed by atoms with Crippen molar-refractivity contribution in [1.29, 1.82) is 0 Å².